The molecule has 1 aromatic carbocycles. The molecule has 0 aliphatic heterocycles. The van der Waals surface area contributed by atoms with Crippen LogP contribution in [0.1, 0.15) is 30.5 Å². The minimum atomic E-state index is -1.14. The second kappa shape index (κ2) is 9.43. The number of hydrogen-bond donors (Lipinski definition) is 3. The Morgan fingerprint density at radius 3 is 2.37 bits per heavy atom. The van der Waals surface area contributed by atoms with Gasteiger partial charge in [-0.25, -0.2) is 9.59 Å². The van der Waals surface area contributed by atoms with E-state index in [-0.39, 0.29) is 19.1 Å². The lowest BCUT2D eigenvalue weighted by atomic mass is 10.0. The maximum atomic E-state index is 12.1. The van der Waals surface area contributed by atoms with Crippen molar-refractivity contribution < 1.29 is 28.6 Å². The number of amides is 2. The van der Waals surface area contributed by atoms with Gasteiger partial charge >= 0.3 is 11.6 Å². The van der Waals surface area contributed by atoms with E-state index < -0.39 is 29.5 Å². The van der Waals surface area contributed by atoms with Gasteiger partial charge in [-0.15, -0.1) is 0 Å². The molecule has 9 nitrogen and oxygen atoms in total. The molecule has 162 valence electrons. The largest absolute Gasteiger partial charge is 0.483 e. The summed E-state index contributed by atoms with van der Waals surface area (Å²) in [5, 5.41) is 14.5. The van der Waals surface area contributed by atoms with Crippen molar-refractivity contribution in [1.82, 2.24) is 10.6 Å². The van der Waals surface area contributed by atoms with Gasteiger partial charge in [0.05, 0.1) is 11.9 Å². The molecule has 0 bridgehead atoms. The van der Waals surface area contributed by atoms with Crippen LogP contribution < -0.4 is 21.0 Å². The van der Waals surface area contributed by atoms with Crippen LogP contribution in [0.4, 0.5) is 0 Å². The van der Waals surface area contributed by atoms with Gasteiger partial charge in [0.15, 0.2) is 6.61 Å². The first-order valence-corrected chi connectivity index (χ1v) is 9.47. The fourth-order valence-electron chi connectivity index (χ4n) is 2.91. The zero-order valence-corrected chi connectivity index (χ0v) is 17.6. The number of fused-ring (bicyclic) bond motifs is 1. The van der Waals surface area contributed by atoms with Crippen LogP contribution in [0.3, 0.4) is 0 Å². The van der Waals surface area contributed by atoms with Gasteiger partial charge in [-0.3, -0.25) is 9.59 Å². The molecule has 0 saturated carbocycles. The molecule has 2 amide bonds. The number of carboxylic acids is 1. The first-order chi connectivity index (χ1) is 14.0. The summed E-state index contributed by atoms with van der Waals surface area (Å²) in [5.41, 5.74) is 1.88. The van der Waals surface area contributed by atoms with Crippen molar-refractivity contribution in [2.75, 3.05) is 13.2 Å². The fraction of sp³-hybridized carbons (Fsp3) is 0.429. The molecular weight excluding hydrogens is 392 g/mol. The number of carbonyl (C=O) groups is 3. The van der Waals surface area contributed by atoms with E-state index in [0.29, 0.717) is 27.8 Å². The van der Waals surface area contributed by atoms with E-state index in [1.165, 1.54) is 0 Å². The highest BCUT2D eigenvalue weighted by Crippen LogP contribution is 2.30. The maximum absolute atomic E-state index is 12.1. The van der Waals surface area contributed by atoms with Gasteiger partial charge in [0, 0.05) is 5.56 Å². The molecule has 0 saturated heterocycles. The van der Waals surface area contributed by atoms with E-state index in [1.807, 2.05) is 0 Å². The van der Waals surface area contributed by atoms with Crippen LogP contribution in [0.5, 0.6) is 5.75 Å². The van der Waals surface area contributed by atoms with Crippen molar-refractivity contribution in [2.24, 2.45) is 5.92 Å². The fourth-order valence-corrected chi connectivity index (χ4v) is 2.91. The number of carboxylic acid groups (broad SMARTS) is 1. The second-order valence-electron chi connectivity index (χ2n) is 7.47. The van der Waals surface area contributed by atoms with E-state index in [4.69, 9.17) is 14.3 Å². The summed E-state index contributed by atoms with van der Waals surface area (Å²) in [6, 6.07) is 2.41. The first kappa shape index (κ1) is 22.9. The van der Waals surface area contributed by atoms with Crippen molar-refractivity contribution in [3.8, 4) is 5.75 Å². The number of carbonyl (C=O) groups excluding carboxylic acids is 2. The van der Waals surface area contributed by atoms with Crippen molar-refractivity contribution in [2.45, 2.75) is 40.7 Å². The molecule has 1 heterocycles. The molecule has 0 fully saturated rings. The Hall–Kier alpha value is -3.36. The average Bonchev–Trinajstić information content (AvgIpc) is 2.65. The minimum absolute atomic E-state index is 0.299. The zero-order chi connectivity index (χ0) is 22.6. The monoisotopic (exact) mass is 418 g/mol. The van der Waals surface area contributed by atoms with Gasteiger partial charge < -0.3 is 24.9 Å². The molecule has 0 aliphatic carbocycles. The normalized spacial score (nSPS) is 11.9. The summed E-state index contributed by atoms with van der Waals surface area (Å²) in [5.74, 6) is -2.22. The van der Waals surface area contributed by atoms with Crippen LogP contribution in [-0.4, -0.2) is 42.1 Å². The number of nitrogens with one attached hydrogen (secondary N) is 2. The Morgan fingerprint density at radius 2 is 1.77 bits per heavy atom. The summed E-state index contributed by atoms with van der Waals surface area (Å²) >= 11 is 0. The van der Waals surface area contributed by atoms with Crippen molar-refractivity contribution in [3.05, 3.63) is 39.2 Å². The first-order valence-electron chi connectivity index (χ1n) is 9.47. The summed E-state index contributed by atoms with van der Waals surface area (Å²) in [6.45, 7) is 7.83. The van der Waals surface area contributed by atoms with Gasteiger partial charge in [0.25, 0.3) is 5.91 Å². The quantitative estimate of drug-likeness (QED) is 0.552. The number of ether oxygens (including phenoxy) is 1. The van der Waals surface area contributed by atoms with Crippen molar-refractivity contribution in [1.29, 1.82) is 0 Å². The molecule has 9 heteroatoms. The molecule has 0 radical (unpaired) electrons. The van der Waals surface area contributed by atoms with Gasteiger partial charge in [0.2, 0.25) is 5.91 Å². The Labute approximate surface area is 173 Å². The molecule has 1 aromatic heterocycles. The molecule has 0 spiro atoms. The number of hydrogen-bond acceptors (Lipinski definition) is 6. The lowest BCUT2D eigenvalue weighted by Crippen LogP contribution is -2.48. The van der Waals surface area contributed by atoms with E-state index in [9.17, 15) is 19.2 Å². The summed E-state index contributed by atoms with van der Waals surface area (Å²) in [6.07, 6.45) is 0. The molecule has 0 aliphatic rings. The Balaban J connectivity index is 2.04. The third-order valence-corrected chi connectivity index (χ3v) is 4.71. The van der Waals surface area contributed by atoms with Crippen LogP contribution >= 0.6 is 0 Å². The van der Waals surface area contributed by atoms with Crippen LogP contribution in [0, 0.1) is 26.7 Å². The number of aryl methyl sites for hydroxylation is 2. The topological polar surface area (TPSA) is 135 Å². The smallest absolute Gasteiger partial charge is 0.339 e. The molecule has 0 unspecified atom stereocenters. The number of aliphatic carboxylic acids is 1. The number of rotatable bonds is 8. The van der Waals surface area contributed by atoms with Crippen molar-refractivity contribution in [3.63, 3.8) is 0 Å². The molecule has 2 rings (SSSR count). The van der Waals surface area contributed by atoms with E-state index in [1.54, 1.807) is 46.8 Å². The molecule has 30 heavy (non-hydrogen) atoms. The average molecular weight is 418 g/mol. The van der Waals surface area contributed by atoms with E-state index in [2.05, 4.69) is 10.6 Å². The molecular formula is C21H26N2O7. The van der Waals surface area contributed by atoms with Crippen LogP contribution in [0.2, 0.25) is 0 Å². The third-order valence-electron chi connectivity index (χ3n) is 4.71. The van der Waals surface area contributed by atoms with Crippen molar-refractivity contribution >= 4 is 28.8 Å². The highest BCUT2D eigenvalue weighted by atomic mass is 16.5. The van der Waals surface area contributed by atoms with Gasteiger partial charge in [-0.1, -0.05) is 13.8 Å². The molecule has 3 N–H and O–H groups in total. The predicted octanol–water partition coefficient (Wildman–Crippen LogP) is 1.44. The highest BCUT2D eigenvalue weighted by Gasteiger charge is 2.23. The summed E-state index contributed by atoms with van der Waals surface area (Å²) in [4.78, 5) is 47.0. The lowest BCUT2D eigenvalue weighted by molar-refractivity contribution is -0.143. The standard InChI is InChI=1S/C21H26N2O7/c1-10(2)19(20(26)27)23-16(24)8-22-17(25)9-29-14-6-11(3)7-15-18(14)12(4)13(5)21(28)30-15/h6-7,10,19H,8-9H2,1-5H3,(H,22,25)(H,23,24)(H,26,27)/t19-/m0/s1. The summed E-state index contributed by atoms with van der Waals surface area (Å²) < 4.78 is 10.9. The lowest BCUT2D eigenvalue weighted by Gasteiger charge is -2.18. The third kappa shape index (κ3) is 5.37. The second-order valence-corrected chi connectivity index (χ2v) is 7.47. The minimum Gasteiger partial charge on any atom is -0.483 e. The van der Waals surface area contributed by atoms with Gasteiger partial charge in [-0.05, 0) is 49.9 Å². The SMILES string of the molecule is Cc1cc(OCC(=O)NCC(=O)N[C@H](C(=O)O)C(C)C)c2c(C)c(C)c(=O)oc2c1. The Kier molecular flexibility index (Phi) is 7.20. The van der Waals surface area contributed by atoms with Crippen LogP contribution in [0.25, 0.3) is 11.0 Å². The molecule has 2 aromatic rings. The van der Waals surface area contributed by atoms with E-state index >= 15 is 0 Å². The van der Waals surface area contributed by atoms with Gasteiger partial charge in [-0.2, -0.15) is 0 Å². The highest BCUT2D eigenvalue weighted by molar-refractivity contribution is 5.90. The van der Waals surface area contributed by atoms with Crippen LogP contribution in [-0.2, 0) is 14.4 Å². The maximum Gasteiger partial charge on any atom is 0.339 e. The Morgan fingerprint density at radius 1 is 1.10 bits per heavy atom. The number of benzene rings is 1. The van der Waals surface area contributed by atoms with Gasteiger partial charge in [0.1, 0.15) is 17.4 Å². The summed E-state index contributed by atoms with van der Waals surface area (Å²) in [7, 11) is 0. The van der Waals surface area contributed by atoms with E-state index in [0.717, 1.165) is 5.56 Å². The van der Waals surface area contributed by atoms with Crippen LogP contribution in [0.15, 0.2) is 21.3 Å². The predicted molar refractivity (Wildman–Crippen MR) is 110 cm³/mol. The zero-order valence-electron chi connectivity index (χ0n) is 17.6. The molecule has 1 atom stereocenters. The Bertz CT molecular complexity index is 1040.